The van der Waals surface area contributed by atoms with Crippen LogP contribution in [-0.2, 0) is 16.1 Å². The van der Waals surface area contributed by atoms with E-state index in [2.05, 4.69) is 20.4 Å². The summed E-state index contributed by atoms with van der Waals surface area (Å²) in [5.74, 6) is -0.610. The highest BCUT2D eigenvalue weighted by atomic mass is 19.1. The number of ether oxygens (including phenoxy) is 2. The molecule has 14 nitrogen and oxygen atoms in total. The summed E-state index contributed by atoms with van der Waals surface area (Å²) in [6, 6.07) is 7.42. The van der Waals surface area contributed by atoms with Crippen LogP contribution in [-0.4, -0.2) is 101 Å². The molecule has 0 radical (unpaired) electrons. The number of imidazole rings is 1. The van der Waals surface area contributed by atoms with Crippen molar-refractivity contribution in [2.24, 2.45) is 0 Å². The molecule has 6 heterocycles. The number of halogens is 3. The number of carbonyl (C=O) groups is 1. The number of nitrogens with zero attached hydrogens (tertiary/aromatic N) is 10. The summed E-state index contributed by atoms with van der Waals surface area (Å²) in [4.78, 5) is 41.2. The van der Waals surface area contributed by atoms with E-state index in [1.54, 1.807) is 18.0 Å². The van der Waals surface area contributed by atoms with Crippen LogP contribution < -0.4 is 15.0 Å². The molecular formula is C37H36F3N11O3. The average molecular weight is 740 g/mol. The van der Waals surface area contributed by atoms with Crippen molar-refractivity contribution in [1.82, 2.24) is 44.2 Å². The smallest absolute Gasteiger partial charge is 0.319 e. The molecule has 4 bridgehead atoms. The average Bonchev–Trinajstić information content (AvgIpc) is 3.55. The van der Waals surface area contributed by atoms with Gasteiger partial charge in [0.15, 0.2) is 11.5 Å². The summed E-state index contributed by atoms with van der Waals surface area (Å²) < 4.78 is 59.9. The molecule has 0 unspecified atom stereocenters. The van der Waals surface area contributed by atoms with E-state index in [-0.39, 0.29) is 48.8 Å². The van der Waals surface area contributed by atoms with Gasteiger partial charge >= 0.3 is 6.01 Å². The molecule has 3 aliphatic rings. The maximum absolute atomic E-state index is 15.3. The normalized spacial score (nSPS) is 20.3. The van der Waals surface area contributed by atoms with E-state index in [1.807, 2.05) is 23.3 Å². The van der Waals surface area contributed by atoms with Crippen LogP contribution in [0.2, 0.25) is 0 Å². The van der Waals surface area contributed by atoms with Gasteiger partial charge in [0, 0.05) is 56.4 Å². The van der Waals surface area contributed by atoms with E-state index in [4.69, 9.17) is 24.4 Å². The van der Waals surface area contributed by atoms with Crippen LogP contribution in [0.3, 0.4) is 0 Å². The minimum absolute atomic E-state index is 0.00829. The zero-order chi connectivity index (χ0) is 37.2. The Morgan fingerprint density at radius 3 is 2.65 bits per heavy atom. The number of aryl methyl sites for hydroxylation is 1. The quantitative estimate of drug-likeness (QED) is 0.251. The third-order valence-corrected chi connectivity index (χ3v) is 10.1. The second-order valence-corrected chi connectivity index (χ2v) is 14.0. The fourth-order valence-electron chi connectivity index (χ4n) is 7.54. The summed E-state index contributed by atoms with van der Waals surface area (Å²) in [6.45, 7) is 4.92. The number of anilines is 2. The monoisotopic (exact) mass is 739 g/mol. The topological polar surface area (TPSA) is 141 Å². The molecular weight excluding hydrogens is 703 g/mol. The lowest BCUT2D eigenvalue weighted by atomic mass is 10.1. The van der Waals surface area contributed by atoms with Crippen molar-refractivity contribution in [3.8, 4) is 23.0 Å². The largest absolute Gasteiger partial charge is 0.458 e. The van der Waals surface area contributed by atoms with Crippen LogP contribution in [0.4, 0.5) is 24.8 Å². The number of fused-ring (bicyclic) bond motifs is 6. The summed E-state index contributed by atoms with van der Waals surface area (Å²) >= 11 is 0. The highest BCUT2D eigenvalue weighted by Gasteiger charge is 2.42. The Labute approximate surface area is 307 Å². The number of benzene rings is 2. The molecule has 1 saturated carbocycles. The highest BCUT2D eigenvalue weighted by molar-refractivity contribution is 5.93. The van der Waals surface area contributed by atoms with Gasteiger partial charge in [-0.15, -0.1) is 0 Å². The lowest BCUT2D eigenvalue weighted by molar-refractivity contribution is -0.133. The summed E-state index contributed by atoms with van der Waals surface area (Å²) in [7, 11) is 1.73. The Morgan fingerprint density at radius 2 is 1.85 bits per heavy atom. The third kappa shape index (κ3) is 6.11. The van der Waals surface area contributed by atoms with E-state index in [0.717, 1.165) is 25.0 Å². The van der Waals surface area contributed by atoms with Crippen LogP contribution in [0.5, 0.6) is 6.01 Å². The van der Waals surface area contributed by atoms with Crippen LogP contribution in [0.15, 0.2) is 48.9 Å². The van der Waals surface area contributed by atoms with E-state index < -0.39 is 35.7 Å². The van der Waals surface area contributed by atoms with Gasteiger partial charge in [0.1, 0.15) is 53.3 Å². The van der Waals surface area contributed by atoms with Gasteiger partial charge in [0.2, 0.25) is 5.91 Å². The van der Waals surface area contributed by atoms with Gasteiger partial charge in [-0.2, -0.15) is 15.1 Å². The van der Waals surface area contributed by atoms with Crippen molar-refractivity contribution in [2.75, 3.05) is 37.0 Å². The van der Waals surface area contributed by atoms with Crippen molar-refractivity contribution in [2.45, 2.75) is 63.9 Å². The second kappa shape index (κ2) is 13.2. The number of amides is 1. The van der Waals surface area contributed by atoms with E-state index in [1.165, 1.54) is 35.4 Å². The molecule has 278 valence electrons. The maximum atomic E-state index is 15.3. The zero-order valence-corrected chi connectivity index (χ0v) is 29.7. The number of aromatic nitrogens is 8. The van der Waals surface area contributed by atoms with Crippen LogP contribution in [0.1, 0.15) is 32.0 Å². The molecule has 9 rings (SSSR count). The first-order valence-electron chi connectivity index (χ1n) is 17.9. The molecule has 54 heavy (non-hydrogen) atoms. The zero-order valence-electron chi connectivity index (χ0n) is 29.7. The molecule has 1 saturated heterocycles. The van der Waals surface area contributed by atoms with Crippen LogP contribution >= 0.6 is 0 Å². The van der Waals surface area contributed by atoms with E-state index >= 15 is 4.39 Å². The predicted octanol–water partition coefficient (Wildman–Crippen LogP) is 4.83. The minimum Gasteiger partial charge on any atom is -0.458 e. The second-order valence-electron chi connectivity index (χ2n) is 14.0. The van der Waals surface area contributed by atoms with Gasteiger partial charge in [0.25, 0.3) is 0 Å². The number of likely N-dealkylation sites (N-methyl/N-ethyl adjacent to an activating group) is 1. The van der Waals surface area contributed by atoms with Gasteiger partial charge in [-0.1, -0.05) is 0 Å². The lowest BCUT2D eigenvalue weighted by Crippen LogP contribution is -2.47. The van der Waals surface area contributed by atoms with Gasteiger partial charge in [0.05, 0.1) is 47.5 Å². The van der Waals surface area contributed by atoms with Crippen LogP contribution in [0, 0.1) is 24.4 Å². The lowest BCUT2D eigenvalue weighted by Gasteiger charge is -2.31. The number of hydrogen-bond acceptors (Lipinski definition) is 11. The Hall–Kier alpha value is -5.84. The van der Waals surface area contributed by atoms with Crippen LogP contribution in [0.25, 0.3) is 39.0 Å². The molecule has 3 atom stereocenters. The highest BCUT2D eigenvalue weighted by Crippen LogP contribution is 2.36. The molecule has 1 amide bonds. The van der Waals surface area contributed by atoms with Crippen molar-refractivity contribution < 1.29 is 27.4 Å². The Kier molecular flexibility index (Phi) is 8.32. The molecule has 2 aliphatic heterocycles. The molecule has 1 aliphatic carbocycles. The molecule has 17 heteroatoms. The van der Waals surface area contributed by atoms with E-state index in [0.29, 0.717) is 58.3 Å². The fraction of sp³-hybridized carbons (Fsp3) is 0.378. The molecule has 6 aromatic rings. The maximum Gasteiger partial charge on any atom is 0.319 e. The number of carbonyl (C=O) groups excluding carboxylic acids is 1. The number of hydrogen-bond donors (Lipinski definition) is 1. The first-order chi connectivity index (χ1) is 26.1. The van der Waals surface area contributed by atoms with Crippen molar-refractivity contribution in [1.29, 1.82) is 0 Å². The summed E-state index contributed by atoms with van der Waals surface area (Å²) in [5, 5.41) is 8.26. The minimum atomic E-state index is -0.809. The first kappa shape index (κ1) is 34.0. The summed E-state index contributed by atoms with van der Waals surface area (Å²) in [6.07, 6.45) is 4.03. The fourth-order valence-corrected chi connectivity index (χ4v) is 7.54. The van der Waals surface area contributed by atoms with Crippen molar-refractivity contribution >= 4 is 39.6 Å². The van der Waals surface area contributed by atoms with Gasteiger partial charge < -0.3 is 29.2 Å². The number of nitrogens with one attached hydrogen (secondary N) is 1. The summed E-state index contributed by atoms with van der Waals surface area (Å²) in [5.41, 5.74) is 2.41. The van der Waals surface area contributed by atoms with E-state index in [9.17, 15) is 13.6 Å². The Bertz CT molecular complexity index is 2430. The third-order valence-electron chi connectivity index (χ3n) is 10.1. The Morgan fingerprint density at radius 1 is 1.00 bits per heavy atom. The SMILES string of the molecule is CCO[C@H]1CN(C)C(=O)[C@@H]2C[C@@H](CN2c2ncnc3c2cnn3-c2ccc(F)cc2F)Oc2nc(NC3CC3)cc(n2)-c2cc(F)cc3nc(C)n(c23)C1. The van der Waals surface area contributed by atoms with Gasteiger partial charge in [-0.05, 0) is 44.9 Å². The molecule has 2 fully saturated rings. The predicted molar refractivity (Wildman–Crippen MR) is 192 cm³/mol. The molecule has 1 N–H and O–H groups in total. The number of rotatable bonds is 6. The van der Waals surface area contributed by atoms with Gasteiger partial charge in [-0.25, -0.2) is 32.8 Å². The van der Waals surface area contributed by atoms with Crippen molar-refractivity contribution in [3.05, 3.63) is 72.2 Å². The first-order valence-corrected chi connectivity index (χ1v) is 17.9. The Balaban J connectivity index is 1.17. The molecule has 2 aromatic carbocycles. The standard InChI is InChI=1S/C37H36F3N11O3/c1-4-53-24-15-48(3)36(52)31-12-23(16-50(31)34-26-14-43-51(35(26)42-18-41-34)30-8-5-20(38)10-27(30)40)54-37-46-28(13-32(47-37)45-22-6-7-22)25-9-21(39)11-29-33(25)49(17-24)19(2)44-29/h5,8-11,13-14,18,22-24,31H,4,6-7,12,15-17H2,1-3H3,(H,45,46,47)/t23-,24-,31-/m0/s1. The molecule has 4 aromatic heterocycles. The van der Waals surface area contributed by atoms with Gasteiger partial charge in [-0.3, -0.25) is 4.79 Å². The molecule has 0 spiro atoms. The van der Waals surface area contributed by atoms with Crippen molar-refractivity contribution in [3.63, 3.8) is 0 Å².